The monoisotopic (exact) mass is 614 g/mol. The molecule has 0 aliphatic carbocycles. The molecule has 6 N–H and O–H groups in total. The molecule has 1 fully saturated rings. The van der Waals surface area contributed by atoms with Gasteiger partial charge in [0, 0.05) is 12.3 Å². The summed E-state index contributed by atoms with van der Waals surface area (Å²) in [5.74, 6) is -0.0668. The molecule has 4 rings (SSSR count). The summed E-state index contributed by atoms with van der Waals surface area (Å²) in [6, 6.07) is 9.06. The SMILES string of the molecule is CC(C)(CO)C(=O)SCCOP(=O)(NCc1ccccc1)OC[C@H]1O[C@@H](n2cnc3c(N)nc(F)nc32)C(O)[C@@H]1O. The molecule has 0 amide bonds. The Labute approximate surface area is 239 Å². The lowest BCUT2D eigenvalue weighted by atomic mass is 9.97. The summed E-state index contributed by atoms with van der Waals surface area (Å²) in [6.07, 6.45) is -5.30. The number of nitrogens with zero attached hydrogens (tertiary/aromatic N) is 4. The molecule has 3 aromatic rings. The summed E-state index contributed by atoms with van der Waals surface area (Å²) >= 11 is 0.928. The van der Waals surface area contributed by atoms with Crippen molar-refractivity contribution in [1.82, 2.24) is 24.6 Å². The number of imidazole rings is 1. The highest BCUT2D eigenvalue weighted by Crippen LogP contribution is 2.45. The van der Waals surface area contributed by atoms with Crippen molar-refractivity contribution < 1.29 is 42.9 Å². The van der Waals surface area contributed by atoms with E-state index in [0.717, 1.165) is 17.3 Å². The number of nitrogens with one attached hydrogen (secondary N) is 1. The predicted octanol–water partition coefficient (Wildman–Crippen LogP) is 1.38. The number of nitrogens with two attached hydrogens (primary N) is 1. The third kappa shape index (κ3) is 7.46. The molecule has 0 radical (unpaired) electrons. The topological polar surface area (TPSA) is 204 Å². The van der Waals surface area contributed by atoms with E-state index in [1.807, 2.05) is 30.3 Å². The maximum atomic E-state index is 13.8. The normalized spacial score (nSPS) is 22.7. The smallest absolute Gasteiger partial charge is 0.395 e. The zero-order valence-corrected chi connectivity index (χ0v) is 24.0. The highest BCUT2D eigenvalue weighted by molar-refractivity contribution is 8.13. The van der Waals surface area contributed by atoms with Crippen molar-refractivity contribution in [2.75, 3.05) is 31.3 Å². The van der Waals surface area contributed by atoms with Crippen molar-refractivity contribution in [3.63, 3.8) is 0 Å². The third-order valence-electron chi connectivity index (χ3n) is 6.29. The van der Waals surface area contributed by atoms with Crippen LogP contribution in [-0.4, -0.2) is 83.8 Å². The molecule has 1 aliphatic rings. The number of carbonyl (C=O) groups excluding carboxylic acids is 1. The number of halogens is 1. The van der Waals surface area contributed by atoms with Crippen LogP contribution in [0.4, 0.5) is 10.2 Å². The highest BCUT2D eigenvalue weighted by Gasteiger charge is 2.45. The summed E-state index contributed by atoms with van der Waals surface area (Å²) in [6.45, 7) is 2.42. The number of nitrogen functional groups attached to an aromatic ring is 1. The number of aliphatic hydroxyl groups excluding tert-OH is 3. The van der Waals surface area contributed by atoms with Crippen LogP contribution >= 0.6 is 19.5 Å². The molecule has 3 heterocycles. The fourth-order valence-electron chi connectivity index (χ4n) is 3.83. The van der Waals surface area contributed by atoms with Crippen LogP contribution in [0.25, 0.3) is 11.2 Å². The Morgan fingerprint density at radius 2 is 1.98 bits per heavy atom. The number of hydrogen-bond acceptors (Lipinski definition) is 13. The van der Waals surface area contributed by atoms with Crippen LogP contribution in [-0.2, 0) is 29.7 Å². The van der Waals surface area contributed by atoms with Crippen molar-refractivity contribution in [1.29, 1.82) is 0 Å². The second kappa shape index (κ2) is 13.2. The third-order valence-corrected chi connectivity index (χ3v) is 9.03. The first-order valence-corrected chi connectivity index (χ1v) is 15.1. The second-order valence-corrected chi connectivity index (χ2v) is 12.8. The lowest BCUT2D eigenvalue weighted by molar-refractivity contribution is -0.119. The van der Waals surface area contributed by atoms with Gasteiger partial charge in [-0.1, -0.05) is 42.1 Å². The number of rotatable bonds is 13. The van der Waals surface area contributed by atoms with Crippen LogP contribution < -0.4 is 10.8 Å². The van der Waals surface area contributed by atoms with Crippen LogP contribution in [0.15, 0.2) is 36.7 Å². The zero-order chi connectivity index (χ0) is 29.8. The summed E-state index contributed by atoms with van der Waals surface area (Å²) in [5, 5.41) is 33.2. The summed E-state index contributed by atoms with van der Waals surface area (Å²) < 4.78 is 45.5. The van der Waals surface area contributed by atoms with Gasteiger partial charge in [-0.25, -0.2) is 14.6 Å². The minimum Gasteiger partial charge on any atom is -0.395 e. The molecule has 0 saturated carbocycles. The van der Waals surface area contributed by atoms with Gasteiger partial charge >= 0.3 is 13.8 Å². The number of aromatic nitrogens is 4. The van der Waals surface area contributed by atoms with Crippen molar-refractivity contribution in [3.8, 4) is 0 Å². The maximum Gasteiger partial charge on any atom is 0.405 e. The Bertz CT molecular complexity index is 1400. The molecule has 1 aliphatic heterocycles. The van der Waals surface area contributed by atoms with Crippen molar-refractivity contribution in [3.05, 3.63) is 48.3 Å². The number of fused-ring (bicyclic) bond motifs is 1. The average molecular weight is 615 g/mol. The van der Waals surface area contributed by atoms with E-state index in [2.05, 4.69) is 20.0 Å². The first-order valence-electron chi connectivity index (χ1n) is 12.6. The van der Waals surface area contributed by atoms with Gasteiger partial charge in [-0.3, -0.25) is 18.4 Å². The van der Waals surface area contributed by atoms with Gasteiger partial charge in [0.05, 0.1) is 31.6 Å². The molecule has 17 heteroatoms. The zero-order valence-electron chi connectivity index (χ0n) is 22.3. The Morgan fingerprint density at radius 3 is 2.68 bits per heavy atom. The quantitative estimate of drug-likeness (QED) is 0.105. The molecule has 41 heavy (non-hydrogen) atoms. The Balaban J connectivity index is 1.42. The second-order valence-electron chi connectivity index (χ2n) is 9.87. The van der Waals surface area contributed by atoms with Gasteiger partial charge in [0.2, 0.25) is 0 Å². The Morgan fingerprint density at radius 1 is 1.24 bits per heavy atom. The molecule has 2 unspecified atom stereocenters. The van der Waals surface area contributed by atoms with Crippen LogP contribution in [0.2, 0.25) is 0 Å². The molecular weight excluding hydrogens is 582 g/mol. The molecule has 0 bridgehead atoms. The van der Waals surface area contributed by atoms with Gasteiger partial charge in [0.15, 0.2) is 28.3 Å². The fraction of sp³-hybridized carbons (Fsp3) is 0.500. The molecule has 5 atom stereocenters. The molecule has 0 spiro atoms. The van der Waals surface area contributed by atoms with E-state index in [4.69, 9.17) is 19.5 Å². The lowest BCUT2D eigenvalue weighted by Crippen LogP contribution is -2.34. The molecule has 14 nitrogen and oxygen atoms in total. The molecule has 1 saturated heterocycles. The number of anilines is 1. The van der Waals surface area contributed by atoms with Crippen molar-refractivity contribution in [2.45, 2.75) is 44.9 Å². The first-order chi connectivity index (χ1) is 19.4. The molecule has 2 aromatic heterocycles. The number of thioether (sulfide) groups is 1. The van der Waals surface area contributed by atoms with E-state index in [1.165, 1.54) is 10.9 Å². The van der Waals surface area contributed by atoms with E-state index in [-0.39, 0.29) is 47.6 Å². The molecular formula is C24H32FN6O8PS. The van der Waals surface area contributed by atoms with Gasteiger partial charge in [0.1, 0.15) is 18.3 Å². The molecule has 1 aromatic carbocycles. The van der Waals surface area contributed by atoms with Crippen LogP contribution in [0.3, 0.4) is 0 Å². The van der Waals surface area contributed by atoms with Crippen LogP contribution in [0, 0.1) is 11.5 Å². The van der Waals surface area contributed by atoms with Gasteiger partial charge in [-0.15, -0.1) is 0 Å². The standard InChI is InChI=1S/C24H32FN6O8PS/c1-24(2,12-32)22(35)41-9-8-37-40(36,28-10-14-6-4-3-5-7-14)38-11-15-17(33)18(34)21(39-15)31-13-27-16-19(26)29-23(25)30-20(16)31/h3-7,13,15,17-18,21,32-34H,8-12H2,1-2H3,(H,28,36)(H2,26,29,30)/t15-,17-,18?,21-,40?/m1/s1. The van der Waals surface area contributed by atoms with Gasteiger partial charge in [-0.2, -0.15) is 14.4 Å². The van der Waals surface area contributed by atoms with E-state index >= 15 is 0 Å². The molecule has 224 valence electrons. The minimum absolute atomic E-state index is 0.0530. The number of carbonyl (C=O) groups is 1. The number of ether oxygens (including phenoxy) is 1. The number of hydrogen-bond donors (Lipinski definition) is 5. The predicted molar refractivity (Wildman–Crippen MR) is 147 cm³/mol. The Hall–Kier alpha value is -2.53. The summed E-state index contributed by atoms with van der Waals surface area (Å²) in [7, 11) is -4.03. The van der Waals surface area contributed by atoms with E-state index in [1.54, 1.807) is 13.8 Å². The maximum absolute atomic E-state index is 13.8. The van der Waals surface area contributed by atoms with Gasteiger partial charge in [0.25, 0.3) is 0 Å². The van der Waals surface area contributed by atoms with E-state index in [0.29, 0.717) is 0 Å². The van der Waals surface area contributed by atoms with Crippen LogP contribution in [0.5, 0.6) is 0 Å². The largest absolute Gasteiger partial charge is 0.405 e. The van der Waals surface area contributed by atoms with E-state index < -0.39 is 50.4 Å². The van der Waals surface area contributed by atoms with Crippen molar-refractivity contribution in [2.24, 2.45) is 5.41 Å². The Kier molecular flexibility index (Phi) is 10.1. The highest BCUT2D eigenvalue weighted by atomic mass is 32.2. The summed E-state index contributed by atoms with van der Waals surface area (Å²) in [4.78, 5) is 23.4. The van der Waals surface area contributed by atoms with Gasteiger partial charge in [-0.05, 0) is 19.4 Å². The van der Waals surface area contributed by atoms with Crippen LogP contribution in [0.1, 0.15) is 25.6 Å². The minimum atomic E-state index is -4.03. The summed E-state index contributed by atoms with van der Waals surface area (Å²) in [5.41, 5.74) is 5.58. The average Bonchev–Trinajstić information content (AvgIpc) is 3.49. The number of benzene rings is 1. The van der Waals surface area contributed by atoms with Crippen molar-refractivity contribution >= 4 is 41.6 Å². The number of aliphatic hydroxyl groups is 3. The fourth-order valence-corrected chi connectivity index (χ4v) is 6.07. The van der Waals surface area contributed by atoms with Gasteiger partial charge < -0.3 is 25.8 Å². The van der Waals surface area contributed by atoms with E-state index in [9.17, 15) is 29.1 Å². The first kappa shape index (κ1) is 31.4. The lowest BCUT2D eigenvalue weighted by Gasteiger charge is -2.23.